The van der Waals surface area contributed by atoms with Gasteiger partial charge < -0.3 is 10.1 Å². The van der Waals surface area contributed by atoms with Gasteiger partial charge in [-0.15, -0.1) is 11.3 Å². The van der Waals surface area contributed by atoms with E-state index in [0.717, 1.165) is 5.69 Å². The van der Waals surface area contributed by atoms with Gasteiger partial charge in [0.2, 0.25) is 0 Å². The lowest BCUT2D eigenvalue weighted by molar-refractivity contribution is -0.123. The molecule has 0 saturated heterocycles. The smallest absolute Gasteiger partial charge is 0.351 e. The summed E-state index contributed by atoms with van der Waals surface area (Å²) in [7, 11) is 1.80. The number of carbonyl (C=O) groups excluding carboxylic acids is 2. The molecule has 28 heavy (non-hydrogen) atoms. The first-order valence-corrected chi connectivity index (χ1v) is 9.50. The zero-order chi connectivity index (χ0) is 20.4. The summed E-state index contributed by atoms with van der Waals surface area (Å²) in [5, 5.41) is 7.66. The van der Waals surface area contributed by atoms with Gasteiger partial charge in [0.25, 0.3) is 5.91 Å². The van der Waals surface area contributed by atoms with E-state index in [1.807, 2.05) is 25.1 Å². The summed E-state index contributed by atoms with van der Waals surface area (Å²) in [5.74, 6) is -1.00. The molecule has 0 aliphatic rings. The van der Waals surface area contributed by atoms with Crippen molar-refractivity contribution >= 4 is 28.9 Å². The van der Waals surface area contributed by atoms with Crippen molar-refractivity contribution in [1.82, 2.24) is 19.7 Å². The van der Waals surface area contributed by atoms with Crippen molar-refractivity contribution in [3.05, 3.63) is 46.4 Å². The second kappa shape index (κ2) is 7.89. The fourth-order valence-corrected chi connectivity index (χ4v) is 3.56. The lowest BCUT2D eigenvalue weighted by Crippen LogP contribution is -2.30. The number of amides is 1. The highest BCUT2D eigenvalue weighted by Gasteiger charge is 2.24. The van der Waals surface area contributed by atoms with Crippen LogP contribution in [-0.2, 0) is 16.6 Å². The minimum absolute atomic E-state index is 0.356. The van der Waals surface area contributed by atoms with Crippen molar-refractivity contribution in [2.24, 2.45) is 7.05 Å². The maximum absolute atomic E-state index is 12.5. The Morgan fingerprint density at radius 2 is 1.96 bits per heavy atom. The summed E-state index contributed by atoms with van der Waals surface area (Å²) < 4.78 is 7.04. The molecule has 0 unspecified atom stereocenters. The molecule has 0 aliphatic heterocycles. The predicted molar refractivity (Wildman–Crippen MR) is 106 cm³/mol. The fourth-order valence-electron chi connectivity index (χ4n) is 2.63. The van der Waals surface area contributed by atoms with Gasteiger partial charge in [-0.05, 0) is 39.8 Å². The molecule has 1 amide bonds. The maximum Gasteiger partial charge on any atom is 0.351 e. The molecule has 3 rings (SSSR count). The normalized spacial score (nSPS) is 11.9. The van der Waals surface area contributed by atoms with E-state index >= 15 is 0 Å². The highest BCUT2D eigenvalue weighted by Crippen LogP contribution is 2.27. The van der Waals surface area contributed by atoms with Gasteiger partial charge in [0.15, 0.2) is 6.10 Å². The van der Waals surface area contributed by atoms with Crippen molar-refractivity contribution in [3.8, 4) is 10.7 Å². The lowest BCUT2D eigenvalue weighted by Gasteiger charge is -2.13. The van der Waals surface area contributed by atoms with Gasteiger partial charge in [-0.25, -0.2) is 9.78 Å². The second-order valence-corrected chi connectivity index (χ2v) is 7.35. The fraction of sp³-hybridized carbons (Fsp3) is 0.316. The van der Waals surface area contributed by atoms with Crippen LogP contribution in [-0.4, -0.2) is 37.7 Å². The van der Waals surface area contributed by atoms with Gasteiger partial charge in [0, 0.05) is 13.2 Å². The number of nitrogens with zero attached hydrogens (tertiary/aromatic N) is 4. The molecule has 0 aromatic carbocycles. The Balaban J connectivity index is 1.70. The Labute approximate surface area is 166 Å². The summed E-state index contributed by atoms with van der Waals surface area (Å²) in [4.78, 5) is 34.0. The Kier molecular flexibility index (Phi) is 5.55. The minimum atomic E-state index is -0.966. The molecule has 0 aliphatic carbocycles. The first-order chi connectivity index (χ1) is 13.3. The minimum Gasteiger partial charge on any atom is -0.448 e. The Hall–Kier alpha value is -3.07. The van der Waals surface area contributed by atoms with Crippen LogP contribution in [0.1, 0.15) is 33.7 Å². The monoisotopic (exact) mass is 399 g/mol. The van der Waals surface area contributed by atoms with Gasteiger partial charge >= 0.3 is 5.97 Å². The van der Waals surface area contributed by atoms with Crippen LogP contribution in [0, 0.1) is 20.8 Å². The van der Waals surface area contributed by atoms with E-state index in [9.17, 15) is 9.59 Å². The average Bonchev–Trinajstić information content (AvgIpc) is 3.17. The molecule has 9 heteroatoms. The number of esters is 1. The van der Waals surface area contributed by atoms with Crippen LogP contribution in [0.2, 0.25) is 0 Å². The SMILES string of the molecule is Cc1nc(-c2ccccn2)sc1C(=O)O[C@H](C)C(=O)Nc1c(C)nn(C)c1C. The number of anilines is 1. The molecule has 3 aromatic rings. The van der Waals surface area contributed by atoms with Gasteiger partial charge in [-0.1, -0.05) is 6.07 Å². The number of pyridine rings is 1. The molecule has 3 heterocycles. The van der Waals surface area contributed by atoms with Crippen LogP contribution in [0.5, 0.6) is 0 Å². The van der Waals surface area contributed by atoms with Gasteiger partial charge in [0.05, 0.1) is 28.5 Å². The molecule has 0 spiro atoms. The van der Waals surface area contributed by atoms with E-state index in [0.29, 0.717) is 32.7 Å². The molecular weight excluding hydrogens is 378 g/mol. The third kappa shape index (κ3) is 3.94. The summed E-state index contributed by atoms with van der Waals surface area (Å²) in [6.45, 7) is 6.92. The van der Waals surface area contributed by atoms with Gasteiger partial charge in [-0.3, -0.25) is 14.5 Å². The number of nitrogens with one attached hydrogen (secondary N) is 1. The average molecular weight is 399 g/mol. The Bertz CT molecular complexity index is 1030. The summed E-state index contributed by atoms with van der Waals surface area (Å²) >= 11 is 1.19. The number of aryl methyl sites for hydroxylation is 3. The van der Waals surface area contributed by atoms with E-state index in [-0.39, 0.29) is 0 Å². The number of rotatable bonds is 5. The molecular formula is C19H21N5O3S. The van der Waals surface area contributed by atoms with E-state index in [1.54, 1.807) is 31.8 Å². The zero-order valence-electron chi connectivity index (χ0n) is 16.3. The van der Waals surface area contributed by atoms with Crippen molar-refractivity contribution in [2.75, 3.05) is 5.32 Å². The summed E-state index contributed by atoms with van der Waals surface area (Å²) in [5.41, 5.74) is 3.37. The molecule has 1 N–H and O–H groups in total. The molecule has 3 aromatic heterocycles. The summed E-state index contributed by atoms with van der Waals surface area (Å²) in [6, 6.07) is 5.49. The molecule has 8 nitrogen and oxygen atoms in total. The van der Waals surface area contributed by atoms with Crippen LogP contribution in [0.3, 0.4) is 0 Å². The van der Waals surface area contributed by atoms with Crippen LogP contribution < -0.4 is 5.32 Å². The molecule has 0 radical (unpaired) electrons. The largest absolute Gasteiger partial charge is 0.448 e. The highest BCUT2D eigenvalue weighted by atomic mass is 32.1. The van der Waals surface area contributed by atoms with E-state index in [4.69, 9.17) is 4.74 Å². The maximum atomic E-state index is 12.5. The third-order valence-electron chi connectivity index (χ3n) is 4.28. The van der Waals surface area contributed by atoms with E-state index < -0.39 is 18.0 Å². The third-order valence-corrected chi connectivity index (χ3v) is 5.44. The lowest BCUT2D eigenvalue weighted by atomic mass is 10.3. The van der Waals surface area contributed by atoms with Crippen molar-refractivity contribution in [3.63, 3.8) is 0 Å². The molecule has 0 saturated carbocycles. The zero-order valence-corrected chi connectivity index (χ0v) is 17.1. The second-order valence-electron chi connectivity index (χ2n) is 6.35. The topological polar surface area (TPSA) is 99.0 Å². The van der Waals surface area contributed by atoms with E-state index in [2.05, 4.69) is 20.4 Å². The molecule has 1 atom stereocenters. The molecule has 146 valence electrons. The number of ether oxygens (including phenoxy) is 1. The van der Waals surface area contributed by atoms with Crippen molar-refractivity contribution in [2.45, 2.75) is 33.8 Å². The molecule has 0 bridgehead atoms. The molecule has 0 fully saturated rings. The number of aromatic nitrogens is 4. The van der Waals surface area contributed by atoms with Gasteiger partial charge in [-0.2, -0.15) is 5.10 Å². The van der Waals surface area contributed by atoms with Crippen LogP contribution >= 0.6 is 11.3 Å². The number of hydrogen-bond acceptors (Lipinski definition) is 7. The van der Waals surface area contributed by atoms with Crippen molar-refractivity contribution in [1.29, 1.82) is 0 Å². The Morgan fingerprint density at radius 1 is 1.21 bits per heavy atom. The number of hydrogen-bond donors (Lipinski definition) is 1. The standard InChI is InChI=1S/C19H21N5O3S/c1-10-15(12(3)24(5)23-10)22-17(25)13(4)27-19(26)16-11(2)21-18(28-16)14-8-6-7-9-20-14/h6-9,13H,1-5H3,(H,22,25)/t13-/m1/s1. The van der Waals surface area contributed by atoms with Gasteiger partial charge in [0.1, 0.15) is 9.88 Å². The predicted octanol–water partition coefficient (Wildman–Crippen LogP) is 3.05. The number of thiazole rings is 1. The number of carbonyl (C=O) groups is 2. The van der Waals surface area contributed by atoms with E-state index in [1.165, 1.54) is 18.3 Å². The highest BCUT2D eigenvalue weighted by molar-refractivity contribution is 7.17. The van der Waals surface area contributed by atoms with Crippen LogP contribution in [0.4, 0.5) is 5.69 Å². The summed E-state index contributed by atoms with van der Waals surface area (Å²) in [6.07, 6.45) is 0.699. The first kappa shape index (κ1) is 19.7. The van der Waals surface area contributed by atoms with Crippen molar-refractivity contribution < 1.29 is 14.3 Å². The Morgan fingerprint density at radius 3 is 2.57 bits per heavy atom. The first-order valence-electron chi connectivity index (χ1n) is 8.68. The van der Waals surface area contributed by atoms with Crippen LogP contribution in [0.25, 0.3) is 10.7 Å². The van der Waals surface area contributed by atoms with Crippen LogP contribution in [0.15, 0.2) is 24.4 Å². The quantitative estimate of drug-likeness (QED) is 0.662.